The third-order valence-electron chi connectivity index (χ3n) is 2.97. The highest BCUT2D eigenvalue weighted by atomic mass is 32.2. The van der Waals surface area contributed by atoms with Gasteiger partial charge in [0.15, 0.2) is 5.16 Å². The number of aromatic nitrogens is 3. The summed E-state index contributed by atoms with van der Waals surface area (Å²) in [6, 6.07) is 0.639. The maximum atomic E-state index is 5.67. The molecule has 2 aliphatic carbocycles. The maximum absolute atomic E-state index is 5.67. The number of nitrogens with zero attached hydrogens (tertiary/aromatic N) is 3. The number of rotatable bonds is 5. The lowest BCUT2D eigenvalue weighted by molar-refractivity contribution is 0.626. The molecule has 0 aromatic carbocycles. The standard InChI is InChI=1S/C10H16N4S/c11-5-9-12-13-10(14(9)8-3-4-8)15-6-7-1-2-7/h7-8H,1-6,11H2. The summed E-state index contributed by atoms with van der Waals surface area (Å²) in [5.41, 5.74) is 5.67. The number of hydrogen-bond donors (Lipinski definition) is 1. The summed E-state index contributed by atoms with van der Waals surface area (Å²) in [4.78, 5) is 0. The van der Waals surface area contributed by atoms with E-state index in [1.165, 1.54) is 31.4 Å². The van der Waals surface area contributed by atoms with Crippen LogP contribution in [0.15, 0.2) is 5.16 Å². The van der Waals surface area contributed by atoms with Crippen molar-refractivity contribution in [3.8, 4) is 0 Å². The molecule has 4 nitrogen and oxygen atoms in total. The molecule has 0 spiro atoms. The zero-order valence-electron chi connectivity index (χ0n) is 8.72. The summed E-state index contributed by atoms with van der Waals surface area (Å²) in [6.45, 7) is 0.507. The molecular weight excluding hydrogens is 208 g/mol. The van der Waals surface area contributed by atoms with E-state index in [2.05, 4.69) is 14.8 Å². The zero-order valence-corrected chi connectivity index (χ0v) is 9.54. The molecule has 0 radical (unpaired) electrons. The van der Waals surface area contributed by atoms with E-state index in [0.29, 0.717) is 12.6 Å². The minimum absolute atomic E-state index is 0.507. The Balaban J connectivity index is 1.75. The molecule has 2 saturated carbocycles. The highest BCUT2D eigenvalue weighted by Gasteiger charge is 2.30. The van der Waals surface area contributed by atoms with Crippen LogP contribution in [-0.4, -0.2) is 20.5 Å². The Morgan fingerprint density at radius 2 is 2.07 bits per heavy atom. The van der Waals surface area contributed by atoms with E-state index in [-0.39, 0.29) is 0 Å². The summed E-state index contributed by atoms with van der Waals surface area (Å²) < 4.78 is 2.26. The fourth-order valence-electron chi connectivity index (χ4n) is 1.72. The molecule has 1 heterocycles. The molecule has 0 unspecified atom stereocenters. The van der Waals surface area contributed by atoms with E-state index in [4.69, 9.17) is 5.73 Å². The van der Waals surface area contributed by atoms with E-state index in [9.17, 15) is 0 Å². The average molecular weight is 224 g/mol. The fraction of sp³-hybridized carbons (Fsp3) is 0.800. The number of thioether (sulfide) groups is 1. The van der Waals surface area contributed by atoms with Gasteiger partial charge in [-0.1, -0.05) is 11.8 Å². The van der Waals surface area contributed by atoms with Crippen LogP contribution in [0.5, 0.6) is 0 Å². The summed E-state index contributed by atoms with van der Waals surface area (Å²) in [5, 5.41) is 9.49. The topological polar surface area (TPSA) is 56.7 Å². The highest BCUT2D eigenvalue weighted by molar-refractivity contribution is 7.99. The SMILES string of the molecule is NCc1nnc(SCC2CC2)n1C1CC1. The second-order valence-electron chi connectivity index (χ2n) is 4.46. The first-order chi connectivity index (χ1) is 7.38. The van der Waals surface area contributed by atoms with Crippen molar-refractivity contribution < 1.29 is 0 Å². The summed E-state index contributed by atoms with van der Waals surface area (Å²) >= 11 is 1.86. The number of nitrogens with two attached hydrogens (primary N) is 1. The summed E-state index contributed by atoms with van der Waals surface area (Å²) in [6.07, 6.45) is 5.33. The van der Waals surface area contributed by atoms with Crippen molar-refractivity contribution in [3.63, 3.8) is 0 Å². The van der Waals surface area contributed by atoms with Crippen molar-refractivity contribution in [2.24, 2.45) is 11.7 Å². The van der Waals surface area contributed by atoms with Gasteiger partial charge < -0.3 is 10.3 Å². The molecule has 2 N–H and O–H groups in total. The van der Waals surface area contributed by atoms with Crippen LogP contribution in [0.1, 0.15) is 37.5 Å². The first-order valence-electron chi connectivity index (χ1n) is 5.65. The molecule has 2 aliphatic rings. The van der Waals surface area contributed by atoms with Crippen LogP contribution in [0.3, 0.4) is 0 Å². The Morgan fingerprint density at radius 3 is 2.67 bits per heavy atom. The molecule has 82 valence electrons. The summed E-state index contributed by atoms with van der Waals surface area (Å²) in [7, 11) is 0. The normalized spacial score (nSPS) is 20.9. The van der Waals surface area contributed by atoms with Crippen LogP contribution in [0.2, 0.25) is 0 Å². The Bertz CT molecular complexity index is 354. The van der Waals surface area contributed by atoms with E-state index >= 15 is 0 Å². The molecule has 5 heteroatoms. The highest BCUT2D eigenvalue weighted by Crippen LogP contribution is 2.40. The van der Waals surface area contributed by atoms with Gasteiger partial charge in [-0.3, -0.25) is 0 Å². The van der Waals surface area contributed by atoms with Crippen LogP contribution in [0, 0.1) is 5.92 Å². The zero-order chi connectivity index (χ0) is 10.3. The molecule has 0 amide bonds. The van der Waals surface area contributed by atoms with Gasteiger partial charge in [-0.05, 0) is 31.6 Å². The van der Waals surface area contributed by atoms with Gasteiger partial charge in [0.2, 0.25) is 0 Å². The van der Waals surface area contributed by atoms with E-state index in [1.54, 1.807) is 0 Å². The van der Waals surface area contributed by atoms with Gasteiger partial charge in [0.05, 0.1) is 6.54 Å². The molecule has 1 aromatic rings. The van der Waals surface area contributed by atoms with Crippen molar-refractivity contribution in [1.82, 2.24) is 14.8 Å². The van der Waals surface area contributed by atoms with Crippen molar-refractivity contribution in [2.75, 3.05) is 5.75 Å². The molecule has 15 heavy (non-hydrogen) atoms. The predicted octanol–water partition coefficient (Wildman–Crippen LogP) is 1.57. The smallest absolute Gasteiger partial charge is 0.191 e. The lowest BCUT2D eigenvalue weighted by Gasteiger charge is -2.06. The lowest BCUT2D eigenvalue weighted by atomic mass is 10.5. The third-order valence-corrected chi connectivity index (χ3v) is 4.15. The van der Waals surface area contributed by atoms with Crippen molar-refractivity contribution in [1.29, 1.82) is 0 Å². The van der Waals surface area contributed by atoms with Gasteiger partial charge in [-0.15, -0.1) is 10.2 Å². The molecule has 2 fully saturated rings. The minimum Gasteiger partial charge on any atom is -0.324 e. The third kappa shape index (κ3) is 2.03. The van der Waals surface area contributed by atoms with Crippen LogP contribution in [0.4, 0.5) is 0 Å². The predicted molar refractivity (Wildman–Crippen MR) is 59.6 cm³/mol. The number of hydrogen-bond acceptors (Lipinski definition) is 4. The molecule has 0 bridgehead atoms. The molecule has 0 atom stereocenters. The van der Waals surface area contributed by atoms with Crippen molar-refractivity contribution >= 4 is 11.8 Å². The van der Waals surface area contributed by atoms with Crippen LogP contribution in [0.25, 0.3) is 0 Å². The lowest BCUT2D eigenvalue weighted by Crippen LogP contribution is -2.08. The van der Waals surface area contributed by atoms with E-state index < -0.39 is 0 Å². The second kappa shape index (κ2) is 3.79. The Hall–Kier alpha value is -0.550. The maximum Gasteiger partial charge on any atom is 0.191 e. The Morgan fingerprint density at radius 1 is 1.27 bits per heavy atom. The summed E-state index contributed by atoms with van der Waals surface area (Å²) in [5.74, 6) is 3.09. The van der Waals surface area contributed by atoms with E-state index in [1.807, 2.05) is 11.8 Å². The Kier molecular flexibility index (Phi) is 2.44. The first kappa shape index (κ1) is 9.66. The van der Waals surface area contributed by atoms with Crippen LogP contribution in [-0.2, 0) is 6.54 Å². The minimum atomic E-state index is 0.507. The molecule has 0 aliphatic heterocycles. The van der Waals surface area contributed by atoms with Gasteiger partial charge >= 0.3 is 0 Å². The Labute approximate surface area is 93.6 Å². The van der Waals surface area contributed by atoms with Crippen molar-refractivity contribution in [2.45, 2.75) is 43.4 Å². The average Bonchev–Trinajstić information content (AvgIpc) is 3.14. The first-order valence-corrected chi connectivity index (χ1v) is 6.63. The quantitative estimate of drug-likeness (QED) is 0.771. The van der Waals surface area contributed by atoms with Gasteiger partial charge in [-0.2, -0.15) is 0 Å². The van der Waals surface area contributed by atoms with Crippen molar-refractivity contribution in [3.05, 3.63) is 5.82 Å². The molecule has 0 saturated heterocycles. The largest absolute Gasteiger partial charge is 0.324 e. The molecule has 3 rings (SSSR count). The van der Waals surface area contributed by atoms with E-state index in [0.717, 1.165) is 16.9 Å². The molecule has 1 aromatic heterocycles. The fourth-order valence-corrected chi connectivity index (χ4v) is 2.93. The second-order valence-corrected chi connectivity index (χ2v) is 5.45. The van der Waals surface area contributed by atoms with Crippen LogP contribution < -0.4 is 5.73 Å². The van der Waals surface area contributed by atoms with Gasteiger partial charge in [0.1, 0.15) is 5.82 Å². The van der Waals surface area contributed by atoms with Gasteiger partial charge in [0, 0.05) is 11.8 Å². The van der Waals surface area contributed by atoms with Crippen LogP contribution >= 0.6 is 11.8 Å². The van der Waals surface area contributed by atoms with Gasteiger partial charge in [-0.25, -0.2) is 0 Å². The monoisotopic (exact) mass is 224 g/mol. The van der Waals surface area contributed by atoms with Gasteiger partial charge in [0.25, 0.3) is 0 Å². The molecular formula is C10H16N4S.